The van der Waals surface area contributed by atoms with Crippen LogP contribution >= 0.6 is 11.3 Å². The summed E-state index contributed by atoms with van der Waals surface area (Å²) in [6.07, 6.45) is 5.00. The zero-order valence-electron chi connectivity index (χ0n) is 9.34. The lowest BCUT2D eigenvalue weighted by molar-refractivity contribution is 1.05. The van der Waals surface area contributed by atoms with Crippen LogP contribution in [0.4, 0.5) is 0 Å². The predicted molar refractivity (Wildman–Crippen MR) is 70.2 cm³/mol. The highest BCUT2D eigenvalue weighted by atomic mass is 32.1. The van der Waals surface area contributed by atoms with E-state index in [-0.39, 0.29) is 0 Å². The van der Waals surface area contributed by atoms with E-state index in [4.69, 9.17) is 5.73 Å². The molecule has 86 valence electrons. The number of thiophene rings is 1. The maximum absolute atomic E-state index is 5.62. The highest BCUT2D eigenvalue weighted by Gasteiger charge is 2.04. The van der Waals surface area contributed by atoms with E-state index in [9.17, 15) is 0 Å². The number of hydrogen-bond donors (Lipinski definition) is 1. The smallest absolute Gasteiger partial charge is 0.137 e. The molecule has 0 amide bonds. The Morgan fingerprint density at radius 2 is 2.29 bits per heavy atom. The van der Waals surface area contributed by atoms with E-state index < -0.39 is 0 Å². The minimum atomic E-state index is 0.559. The number of pyridine rings is 1. The summed E-state index contributed by atoms with van der Waals surface area (Å²) < 4.78 is 2.04. The van der Waals surface area contributed by atoms with Gasteiger partial charge in [0.15, 0.2) is 0 Å². The lowest BCUT2D eigenvalue weighted by Crippen LogP contribution is -1.96. The van der Waals surface area contributed by atoms with Crippen molar-refractivity contribution in [1.82, 2.24) is 9.38 Å². The molecule has 3 rings (SSSR count). The molecule has 0 radical (unpaired) electrons. The summed E-state index contributed by atoms with van der Waals surface area (Å²) in [5.41, 5.74) is 8.81. The molecule has 3 aromatic rings. The zero-order valence-corrected chi connectivity index (χ0v) is 10.2. The monoisotopic (exact) mass is 243 g/mol. The molecular weight excluding hydrogens is 230 g/mol. The molecule has 0 aromatic carbocycles. The van der Waals surface area contributed by atoms with Gasteiger partial charge in [0, 0.05) is 30.2 Å². The van der Waals surface area contributed by atoms with Crippen LogP contribution in [0.3, 0.4) is 0 Å². The molecule has 4 heteroatoms. The lowest BCUT2D eigenvalue weighted by Gasteiger charge is -1.96. The molecule has 17 heavy (non-hydrogen) atoms. The van der Waals surface area contributed by atoms with Crippen molar-refractivity contribution in [1.29, 1.82) is 0 Å². The average Bonchev–Trinajstić information content (AvgIpc) is 2.96. The zero-order chi connectivity index (χ0) is 11.7. The Morgan fingerprint density at radius 1 is 1.35 bits per heavy atom. The van der Waals surface area contributed by atoms with Gasteiger partial charge in [0.05, 0.1) is 5.69 Å². The van der Waals surface area contributed by atoms with Crippen molar-refractivity contribution in [2.75, 3.05) is 0 Å². The van der Waals surface area contributed by atoms with Gasteiger partial charge in [0.1, 0.15) is 5.65 Å². The van der Waals surface area contributed by atoms with Crippen molar-refractivity contribution in [3.05, 3.63) is 58.2 Å². The van der Waals surface area contributed by atoms with Crippen LogP contribution in [-0.4, -0.2) is 9.38 Å². The molecule has 0 saturated carbocycles. The molecule has 0 saturated heterocycles. The van der Waals surface area contributed by atoms with Gasteiger partial charge in [-0.1, -0.05) is 6.07 Å². The van der Waals surface area contributed by atoms with Gasteiger partial charge in [-0.3, -0.25) is 0 Å². The van der Waals surface area contributed by atoms with Crippen LogP contribution in [-0.2, 0) is 13.0 Å². The molecule has 0 fully saturated rings. The summed E-state index contributed by atoms with van der Waals surface area (Å²) in [5.74, 6) is 0. The molecule has 0 unspecified atom stereocenters. The molecule has 0 aliphatic carbocycles. The van der Waals surface area contributed by atoms with E-state index in [1.54, 1.807) is 11.3 Å². The fraction of sp³-hybridized carbons (Fsp3) is 0.154. The molecule has 0 atom stereocenters. The summed E-state index contributed by atoms with van der Waals surface area (Å²) in [4.78, 5) is 5.95. The number of rotatable bonds is 3. The summed E-state index contributed by atoms with van der Waals surface area (Å²) in [7, 11) is 0. The van der Waals surface area contributed by atoms with Gasteiger partial charge in [0.25, 0.3) is 0 Å². The number of nitrogens with zero attached hydrogens (tertiary/aromatic N) is 2. The quantitative estimate of drug-likeness (QED) is 0.768. The van der Waals surface area contributed by atoms with Crippen molar-refractivity contribution >= 4 is 17.0 Å². The third kappa shape index (κ3) is 2.09. The molecule has 0 spiro atoms. The van der Waals surface area contributed by atoms with Gasteiger partial charge in [0.2, 0.25) is 0 Å². The molecule has 3 heterocycles. The van der Waals surface area contributed by atoms with Crippen LogP contribution in [0.25, 0.3) is 5.65 Å². The first-order valence-corrected chi connectivity index (χ1v) is 6.42. The van der Waals surface area contributed by atoms with Crippen LogP contribution in [0.15, 0.2) is 42.0 Å². The highest BCUT2D eigenvalue weighted by molar-refractivity contribution is 7.09. The van der Waals surface area contributed by atoms with Crippen molar-refractivity contribution in [3.8, 4) is 0 Å². The summed E-state index contributed by atoms with van der Waals surface area (Å²) in [6.45, 7) is 0.559. The Kier molecular flexibility index (Phi) is 2.66. The van der Waals surface area contributed by atoms with Crippen LogP contribution in [0.1, 0.15) is 16.1 Å². The van der Waals surface area contributed by atoms with Crippen molar-refractivity contribution in [2.24, 2.45) is 5.73 Å². The molecular formula is C13H13N3S. The Labute approximate surface area is 104 Å². The standard InChI is InChI=1S/C13H13N3S/c14-8-10-3-4-16-9-11(15-13(16)6-10)7-12-2-1-5-17-12/h1-6,9H,7-8,14H2. The SMILES string of the molecule is NCc1ccn2cc(Cc3cccs3)nc2c1. The van der Waals surface area contributed by atoms with Gasteiger partial charge in [-0.25, -0.2) is 4.98 Å². The molecule has 3 aromatic heterocycles. The second-order valence-electron chi connectivity index (χ2n) is 3.99. The molecule has 2 N–H and O–H groups in total. The van der Waals surface area contributed by atoms with E-state index in [1.807, 2.05) is 22.7 Å². The van der Waals surface area contributed by atoms with E-state index >= 15 is 0 Å². The number of imidazole rings is 1. The Balaban J connectivity index is 1.96. The maximum Gasteiger partial charge on any atom is 0.137 e. The second kappa shape index (κ2) is 4.31. The van der Waals surface area contributed by atoms with Crippen LogP contribution in [0, 0.1) is 0 Å². The van der Waals surface area contributed by atoms with Gasteiger partial charge < -0.3 is 10.1 Å². The van der Waals surface area contributed by atoms with Gasteiger partial charge in [-0.05, 0) is 29.1 Å². The molecule has 0 bridgehead atoms. The fourth-order valence-corrected chi connectivity index (χ4v) is 2.60. The Morgan fingerprint density at radius 3 is 3.06 bits per heavy atom. The van der Waals surface area contributed by atoms with E-state index in [0.29, 0.717) is 6.54 Å². The van der Waals surface area contributed by atoms with E-state index in [0.717, 1.165) is 23.3 Å². The fourth-order valence-electron chi connectivity index (χ4n) is 1.88. The molecule has 0 aliphatic heterocycles. The molecule has 3 nitrogen and oxygen atoms in total. The first-order valence-electron chi connectivity index (χ1n) is 5.54. The Bertz CT molecular complexity index is 625. The summed E-state index contributed by atoms with van der Waals surface area (Å²) >= 11 is 1.77. The lowest BCUT2D eigenvalue weighted by atomic mass is 10.3. The number of aromatic nitrogens is 2. The first-order chi connectivity index (χ1) is 8.35. The third-order valence-corrected chi connectivity index (χ3v) is 3.62. The van der Waals surface area contributed by atoms with Crippen molar-refractivity contribution in [2.45, 2.75) is 13.0 Å². The summed E-state index contributed by atoms with van der Waals surface area (Å²) in [5, 5.41) is 2.09. The van der Waals surface area contributed by atoms with Crippen molar-refractivity contribution in [3.63, 3.8) is 0 Å². The van der Waals surface area contributed by atoms with E-state index in [1.165, 1.54) is 4.88 Å². The average molecular weight is 243 g/mol. The largest absolute Gasteiger partial charge is 0.326 e. The van der Waals surface area contributed by atoms with E-state index in [2.05, 4.69) is 28.7 Å². The van der Waals surface area contributed by atoms with Crippen molar-refractivity contribution < 1.29 is 0 Å². The number of nitrogens with two attached hydrogens (primary N) is 1. The molecule has 0 aliphatic rings. The number of fused-ring (bicyclic) bond motifs is 1. The topological polar surface area (TPSA) is 43.3 Å². The van der Waals surface area contributed by atoms with Crippen LogP contribution in [0.2, 0.25) is 0 Å². The van der Waals surface area contributed by atoms with Crippen LogP contribution in [0.5, 0.6) is 0 Å². The van der Waals surface area contributed by atoms with Gasteiger partial charge in [-0.2, -0.15) is 0 Å². The second-order valence-corrected chi connectivity index (χ2v) is 5.03. The minimum Gasteiger partial charge on any atom is -0.326 e. The normalized spacial score (nSPS) is 11.1. The van der Waals surface area contributed by atoms with Gasteiger partial charge >= 0.3 is 0 Å². The minimum absolute atomic E-state index is 0.559. The highest BCUT2D eigenvalue weighted by Crippen LogP contribution is 2.15. The predicted octanol–water partition coefficient (Wildman–Crippen LogP) is 2.45. The first kappa shape index (κ1) is 10.5. The maximum atomic E-state index is 5.62. The van der Waals surface area contributed by atoms with Gasteiger partial charge in [-0.15, -0.1) is 11.3 Å². The Hall–Kier alpha value is -1.65. The van der Waals surface area contributed by atoms with Crippen LogP contribution < -0.4 is 5.73 Å². The number of hydrogen-bond acceptors (Lipinski definition) is 3. The third-order valence-electron chi connectivity index (χ3n) is 2.75. The summed E-state index contributed by atoms with van der Waals surface area (Å²) in [6, 6.07) is 8.28.